The second-order valence-electron chi connectivity index (χ2n) is 7.31. The van der Waals surface area contributed by atoms with E-state index < -0.39 is 6.10 Å². The Balaban J connectivity index is 1.69. The third-order valence-electron chi connectivity index (χ3n) is 4.61. The van der Waals surface area contributed by atoms with Crippen molar-refractivity contribution in [3.05, 3.63) is 77.5 Å². The van der Waals surface area contributed by atoms with E-state index in [0.29, 0.717) is 18.3 Å². The third kappa shape index (κ3) is 4.80. The largest absolute Gasteiger partial charge is 0.481 e. The highest BCUT2D eigenvalue weighted by molar-refractivity contribution is 5.93. The number of rotatable bonds is 7. The summed E-state index contributed by atoms with van der Waals surface area (Å²) >= 11 is 0. The molecule has 146 valence electrons. The molecule has 0 saturated carbocycles. The minimum atomic E-state index is -0.626. The van der Waals surface area contributed by atoms with Crippen molar-refractivity contribution >= 4 is 11.7 Å². The minimum absolute atomic E-state index is 0.203. The number of carbonyl (C=O) groups is 1. The van der Waals surface area contributed by atoms with Crippen molar-refractivity contribution in [1.29, 1.82) is 0 Å². The highest BCUT2D eigenvalue weighted by Crippen LogP contribution is 2.28. The summed E-state index contributed by atoms with van der Waals surface area (Å²) in [5.41, 5.74) is 3.32. The normalized spacial score (nSPS) is 12.0. The minimum Gasteiger partial charge on any atom is -0.481 e. The zero-order valence-electron chi connectivity index (χ0n) is 16.8. The molecule has 1 aromatic heterocycles. The molecule has 1 atom stereocenters. The number of hydrogen-bond donors (Lipinski definition) is 1. The first-order valence-corrected chi connectivity index (χ1v) is 9.58. The summed E-state index contributed by atoms with van der Waals surface area (Å²) in [6, 6.07) is 17.9. The molecule has 0 aliphatic rings. The number of aryl methyl sites for hydroxylation is 1. The number of amides is 1. The molecule has 0 aliphatic carbocycles. The summed E-state index contributed by atoms with van der Waals surface area (Å²) in [7, 11) is 0. The smallest absolute Gasteiger partial charge is 0.266 e. The maximum absolute atomic E-state index is 12.7. The number of benzene rings is 2. The lowest BCUT2D eigenvalue weighted by Gasteiger charge is -2.19. The highest BCUT2D eigenvalue weighted by Gasteiger charge is 2.19. The molecular weight excluding hydrogens is 350 g/mol. The Morgan fingerprint density at radius 2 is 1.86 bits per heavy atom. The number of aromatic nitrogens is 2. The fourth-order valence-corrected chi connectivity index (χ4v) is 3.01. The van der Waals surface area contributed by atoms with Gasteiger partial charge in [0.25, 0.3) is 5.91 Å². The van der Waals surface area contributed by atoms with Crippen molar-refractivity contribution in [2.75, 3.05) is 5.32 Å². The summed E-state index contributed by atoms with van der Waals surface area (Å²) in [5, 5.41) is 7.25. The number of anilines is 1. The molecule has 28 heavy (non-hydrogen) atoms. The highest BCUT2D eigenvalue weighted by atomic mass is 16.5. The van der Waals surface area contributed by atoms with Crippen molar-refractivity contribution in [2.45, 2.75) is 46.3 Å². The van der Waals surface area contributed by atoms with Crippen LogP contribution in [-0.2, 0) is 11.3 Å². The van der Waals surface area contributed by atoms with Crippen molar-refractivity contribution in [3.63, 3.8) is 0 Å². The van der Waals surface area contributed by atoms with Gasteiger partial charge in [0, 0.05) is 6.07 Å². The first kappa shape index (κ1) is 19.7. The molecular formula is C23H27N3O2. The van der Waals surface area contributed by atoms with Crippen molar-refractivity contribution in [2.24, 2.45) is 0 Å². The number of nitrogens with one attached hydrogen (secondary N) is 1. The second kappa shape index (κ2) is 8.74. The number of hydrogen-bond acceptors (Lipinski definition) is 3. The first-order chi connectivity index (χ1) is 13.4. The summed E-state index contributed by atoms with van der Waals surface area (Å²) in [4.78, 5) is 12.7. The van der Waals surface area contributed by atoms with Crippen LogP contribution in [0.25, 0.3) is 0 Å². The SMILES string of the molecule is Cc1ccc(C(C)C)c(O[C@H](C)C(=O)Nc2ccnn2Cc2ccccc2)c1. The van der Waals surface area contributed by atoms with Crippen LogP contribution in [0.5, 0.6) is 5.75 Å². The summed E-state index contributed by atoms with van der Waals surface area (Å²) in [5.74, 6) is 1.53. The van der Waals surface area contributed by atoms with E-state index in [9.17, 15) is 4.79 Å². The van der Waals surface area contributed by atoms with Crippen LogP contribution in [0, 0.1) is 6.92 Å². The van der Waals surface area contributed by atoms with E-state index in [4.69, 9.17) is 4.74 Å². The van der Waals surface area contributed by atoms with E-state index in [0.717, 1.165) is 22.4 Å². The number of nitrogens with zero attached hydrogens (tertiary/aromatic N) is 2. The molecule has 5 nitrogen and oxygen atoms in total. The molecule has 0 saturated heterocycles. The Morgan fingerprint density at radius 3 is 2.57 bits per heavy atom. The van der Waals surface area contributed by atoms with E-state index in [1.807, 2.05) is 43.3 Å². The van der Waals surface area contributed by atoms with Gasteiger partial charge in [-0.2, -0.15) is 5.10 Å². The lowest BCUT2D eigenvalue weighted by molar-refractivity contribution is -0.122. The zero-order valence-corrected chi connectivity index (χ0v) is 16.8. The van der Waals surface area contributed by atoms with Gasteiger partial charge in [-0.25, -0.2) is 4.68 Å². The zero-order chi connectivity index (χ0) is 20.1. The van der Waals surface area contributed by atoms with Crippen LogP contribution in [-0.4, -0.2) is 21.8 Å². The van der Waals surface area contributed by atoms with E-state index >= 15 is 0 Å². The molecule has 0 bridgehead atoms. The predicted molar refractivity (Wildman–Crippen MR) is 112 cm³/mol. The standard InChI is InChI=1S/C23H27N3O2/c1-16(2)20-11-10-17(3)14-21(20)28-18(4)23(27)25-22-12-13-24-26(22)15-19-8-6-5-7-9-19/h5-14,16,18H,15H2,1-4H3,(H,25,27)/t18-/m1/s1. The fraction of sp³-hybridized carbons (Fsp3) is 0.304. The topological polar surface area (TPSA) is 56.1 Å². The molecule has 3 rings (SSSR count). The van der Waals surface area contributed by atoms with Crippen molar-refractivity contribution in [1.82, 2.24) is 9.78 Å². The molecule has 1 heterocycles. The number of ether oxygens (including phenoxy) is 1. The van der Waals surface area contributed by atoms with Crippen LogP contribution in [0.15, 0.2) is 60.8 Å². The van der Waals surface area contributed by atoms with E-state index in [2.05, 4.69) is 36.4 Å². The Kier molecular flexibility index (Phi) is 6.14. The van der Waals surface area contributed by atoms with Crippen LogP contribution < -0.4 is 10.1 Å². The van der Waals surface area contributed by atoms with Gasteiger partial charge in [0.2, 0.25) is 0 Å². The van der Waals surface area contributed by atoms with Gasteiger partial charge in [-0.1, -0.05) is 56.3 Å². The molecule has 2 aromatic carbocycles. The van der Waals surface area contributed by atoms with Gasteiger partial charge < -0.3 is 10.1 Å². The Labute approximate surface area is 166 Å². The lowest BCUT2D eigenvalue weighted by Crippen LogP contribution is -2.31. The van der Waals surface area contributed by atoms with Crippen LogP contribution in [0.1, 0.15) is 43.4 Å². The molecule has 5 heteroatoms. The lowest BCUT2D eigenvalue weighted by atomic mass is 10.0. The van der Waals surface area contributed by atoms with E-state index in [-0.39, 0.29) is 5.91 Å². The van der Waals surface area contributed by atoms with Gasteiger partial charge in [-0.15, -0.1) is 0 Å². The number of carbonyl (C=O) groups excluding carboxylic acids is 1. The molecule has 0 aliphatic heterocycles. The van der Waals surface area contributed by atoms with Crippen LogP contribution >= 0.6 is 0 Å². The average molecular weight is 377 g/mol. The maximum atomic E-state index is 12.7. The van der Waals surface area contributed by atoms with Gasteiger partial charge >= 0.3 is 0 Å². The van der Waals surface area contributed by atoms with Crippen LogP contribution in [0.2, 0.25) is 0 Å². The summed E-state index contributed by atoms with van der Waals surface area (Å²) < 4.78 is 7.78. The van der Waals surface area contributed by atoms with Gasteiger partial charge in [-0.05, 0) is 42.5 Å². The third-order valence-corrected chi connectivity index (χ3v) is 4.61. The maximum Gasteiger partial charge on any atom is 0.266 e. The molecule has 1 amide bonds. The molecule has 3 aromatic rings. The molecule has 0 fully saturated rings. The second-order valence-corrected chi connectivity index (χ2v) is 7.31. The van der Waals surface area contributed by atoms with Crippen molar-refractivity contribution < 1.29 is 9.53 Å². The Hall–Kier alpha value is -3.08. The quantitative estimate of drug-likeness (QED) is 0.645. The summed E-state index contributed by atoms with van der Waals surface area (Å²) in [6.07, 6.45) is 1.06. The van der Waals surface area contributed by atoms with E-state index in [1.165, 1.54) is 0 Å². The van der Waals surface area contributed by atoms with Gasteiger partial charge in [0.1, 0.15) is 11.6 Å². The van der Waals surface area contributed by atoms with Gasteiger partial charge in [-0.3, -0.25) is 4.79 Å². The van der Waals surface area contributed by atoms with Gasteiger partial charge in [0.15, 0.2) is 6.10 Å². The van der Waals surface area contributed by atoms with Gasteiger partial charge in [0.05, 0.1) is 12.7 Å². The molecule has 1 N–H and O–H groups in total. The summed E-state index contributed by atoms with van der Waals surface area (Å²) in [6.45, 7) is 8.60. The first-order valence-electron chi connectivity index (χ1n) is 9.58. The van der Waals surface area contributed by atoms with Crippen LogP contribution in [0.4, 0.5) is 5.82 Å². The molecule has 0 radical (unpaired) electrons. The molecule has 0 spiro atoms. The molecule has 0 unspecified atom stereocenters. The van der Waals surface area contributed by atoms with E-state index in [1.54, 1.807) is 23.9 Å². The Morgan fingerprint density at radius 1 is 1.11 bits per heavy atom. The monoisotopic (exact) mass is 377 g/mol. The predicted octanol–water partition coefficient (Wildman–Crippen LogP) is 4.77. The average Bonchev–Trinajstić information content (AvgIpc) is 3.09. The van der Waals surface area contributed by atoms with Crippen molar-refractivity contribution in [3.8, 4) is 5.75 Å². The Bertz CT molecular complexity index is 932. The fourth-order valence-electron chi connectivity index (χ4n) is 3.01. The van der Waals surface area contributed by atoms with Crippen LogP contribution in [0.3, 0.4) is 0 Å².